The summed E-state index contributed by atoms with van der Waals surface area (Å²) >= 11 is 5.91. The molecule has 0 aliphatic heterocycles. The Hall–Kier alpha value is -1.52. The van der Waals surface area contributed by atoms with Crippen molar-refractivity contribution in [2.45, 2.75) is 13.0 Å². The maximum absolute atomic E-state index is 12.9. The monoisotopic (exact) mass is 252 g/mol. The molecule has 0 saturated carbocycles. The molecule has 0 aliphatic carbocycles. The van der Waals surface area contributed by atoms with Crippen molar-refractivity contribution in [3.63, 3.8) is 0 Å². The fourth-order valence-corrected chi connectivity index (χ4v) is 1.68. The van der Waals surface area contributed by atoms with Crippen LogP contribution >= 0.6 is 11.6 Å². The molecule has 0 saturated heterocycles. The SMILES string of the molecule is OCc1ccnc(Cc2ccc(F)cc2Cl)n1. The van der Waals surface area contributed by atoms with E-state index in [2.05, 4.69) is 9.97 Å². The Morgan fingerprint density at radius 1 is 1.29 bits per heavy atom. The van der Waals surface area contributed by atoms with Crippen molar-refractivity contribution >= 4 is 11.6 Å². The number of benzene rings is 1. The van der Waals surface area contributed by atoms with E-state index in [0.29, 0.717) is 23.0 Å². The van der Waals surface area contributed by atoms with Crippen LogP contribution < -0.4 is 0 Å². The summed E-state index contributed by atoms with van der Waals surface area (Å²) in [4.78, 5) is 8.21. The molecule has 1 heterocycles. The molecular formula is C12H10ClFN2O. The quantitative estimate of drug-likeness (QED) is 0.912. The Balaban J connectivity index is 2.25. The van der Waals surface area contributed by atoms with Gasteiger partial charge in [0.05, 0.1) is 12.3 Å². The molecule has 0 spiro atoms. The molecule has 1 aromatic carbocycles. The van der Waals surface area contributed by atoms with E-state index in [9.17, 15) is 4.39 Å². The minimum absolute atomic E-state index is 0.132. The molecule has 2 aromatic rings. The van der Waals surface area contributed by atoms with Crippen molar-refractivity contribution in [1.82, 2.24) is 9.97 Å². The highest BCUT2D eigenvalue weighted by Gasteiger charge is 2.05. The molecule has 0 aliphatic rings. The Morgan fingerprint density at radius 3 is 2.82 bits per heavy atom. The van der Waals surface area contributed by atoms with Gasteiger partial charge >= 0.3 is 0 Å². The van der Waals surface area contributed by atoms with Crippen LogP contribution in [0.1, 0.15) is 17.1 Å². The van der Waals surface area contributed by atoms with E-state index in [1.165, 1.54) is 12.1 Å². The van der Waals surface area contributed by atoms with E-state index in [-0.39, 0.29) is 12.4 Å². The Morgan fingerprint density at radius 2 is 2.12 bits per heavy atom. The molecule has 3 nitrogen and oxygen atoms in total. The number of halogens is 2. The van der Waals surface area contributed by atoms with E-state index in [0.717, 1.165) is 5.56 Å². The van der Waals surface area contributed by atoms with Crippen LogP contribution in [0.3, 0.4) is 0 Å². The summed E-state index contributed by atoms with van der Waals surface area (Å²) in [6.45, 7) is -0.132. The molecule has 0 radical (unpaired) electrons. The van der Waals surface area contributed by atoms with Crippen LogP contribution in [0.25, 0.3) is 0 Å². The normalized spacial score (nSPS) is 10.5. The van der Waals surface area contributed by atoms with Gasteiger partial charge in [0.1, 0.15) is 11.6 Å². The lowest BCUT2D eigenvalue weighted by Gasteiger charge is -2.04. The number of aliphatic hydroxyl groups is 1. The fraction of sp³-hybridized carbons (Fsp3) is 0.167. The second-order valence-electron chi connectivity index (χ2n) is 3.53. The van der Waals surface area contributed by atoms with Gasteiger partial charge in [0.2, 0.25) is 0 Å². The van der Waals surface area contributed by atoms with Crippen LogP contribution in [0.4, 0.5) is 4.39 Å². The fourth-order valence-electron chi connectivity index (χ4n) is 1.45. The van der Waals surface area contributed by atoms with Gasteiger partial charge in [0.25, 0.3) is 0 Å². The minimum atomic E-state index is -0.372. The first-order valence-electron chi connectivity index (χ1n) is 5.04. The maximum atomic E-state index is 12.9. The van der Waals surface area contributed by atoms with Gasteiger partial charge in [-0.05, 0) is 23.8 Å². The van der Waals surface area contributed by atoms with Gasteiger partial charge in [-0.1, -0.05) is 17.7 Å². The van der Waals surface area contributed by atoms with Crippen LogP contribution in [0.5, 0.6) is 0 Å². The third-order valence-electron chi connectivity index (χ3n) is 2.29. The second-order valence-corrected chi connectivity index (χ2v) is 3.94. The number of rotatable bonds is 3. The van der Waals surface area contributed by atoms with Crippen molar-refractivity contribution in [2.24, 2.45) is 0 Å². The summed E-state index contributed by atoms with van der Waals surface area (Å²) in [5.41, 5.74) is 1.30. The number of aliphatic hydroxyl groups excluding tert-OH is 1. The van der Waals surface area contributed by atoms with Crippen molar-refractivity contribution in [2.75, 3.05) is 0 Å². The molecule has 1 aromatic heterocycles. The van der Waals surface area contributed by atoms with Crippen molar-refractivity contribution in [3.8, 4) is 0 Å². The van der Waals surface area contributed by atoms with Gasteiger partial charge in [0.15, 0.2) is 0 Å². The summed E-state index contributed by atoms with van der Waals surface area (Å²) in [5.74, 6) is 0.175. The van der Waals surface area contributed by atoms with E-state index < -0.39 is 0 Å². The first-order valence-corrected chi connectivity index (χ1v) is 5.42. The van der Waals surface area contributed by atoms with Gasteiger partial charge in [-0.15, -0.1) is 0 Å². The van der Waals surface area contributed by atoms with Crippen molar-refractivity contribution in [1.29, 1.82) is 0 Å². The zero-order valence-corrected chi connectivity index (χ0v) is 9.65. The van der Waals surface area contributed by atoms with Crippen molar-refractivity contribution < 1.29 is 9.50 Å². The highest BCUT2D eigenvalue weighted by atomic mass is 35.5. The van der Waals surface area contributed by atoms with Crippen molar-refractivity contribution in [3.05, 3.63) is 58.4 Å². The lowest BCUT2D eigenvalue weighted by molar-refractivity contribution is 0.276. The summed E-state index contributed by atoms with van der Waals surface area (Å²) in [6, 6.07) is 5.84. The molecule has 5 heteroatoms. The molecule has 0 bridgehead atoms. The third kappa shape index (κ3) is 2.99. The summed E-state index contributed by atoms with van der Waals surface area (Å²) in [6.07, 6.45) is 1.98. The number of hydrogen-bond donors (Lipinski definition) is 1. The van der Waals surface area contributed by atoms with E-state index in [1.807, 2.05) is 0 Å². The average Bonchev–Trinajstić information content (AvgIpc) is 2.33. The van der Waals surface area contributed by atoms with Gasteiger partial charge in [-0.2, -0.15) is 0 Å². The Kier molecular flexibility index (Phi) is 3.66. The molecular weight excluding hydrogens is 243 g/mol. The van der Waals surface area contributed by atoms with E-state index in [1.54, 1.807) is 18.3 Å². The molecule has 2 rings (SSSR count). The topological polar surface area (TPSA) is 46.0 Å². The van der Waals surface area contributed by atoms with E-state index in [4.69, 9.17) is 16.7 Å². The summed E-state index contributed by atoms with van der Waals surface area (Å²) in [5, 5.41) is 9.30. The molecule has 0 atom stereocenters. The molecule has 0 fully saturated rings. The lowest BCUT2D eigenvalue weighted by Crippen LogP contribution is -2.00. The number of nitrogens with zero attached hydrogens (tertiary/aromatic N) is 2. The zero-order chi connectivity index (χ0) is 12.3. The van der Waals surface area contributed by atoms with Crippen LogP contribution in [0.15, 0.2) is 30.5 Å². The van der Waals surface area contributed by atoms with Gasteiger partial charge < -0.3 is 5.11 Å². The third-order valence-corrected chi connectivity index (χ3v) is 2.64. The Bertz CT molecular complexity index is 534. The summed E-state index contributed by atoms with van der Waals surface area (Å²) < 4.78 is 12.9. The largest absolute Gasteiger partial charge is 0.390 e. The van der Waals surface area contributed by atoms with Gasteiger partial charge in [-0.25, -0.2) is 14.4 Å². The molecule has 17 heavy (non-hydrogen) atoms. The minimum Gasteiger partial charge on any atom is -0.390 e. The zero-order valence-electron chi connectivity index (χ0n) is 8.90. The smallest absolute Gasteiger partial charge is 0.133 e. The van der Waals surface area contributed by atoms with E-state index >= 15 is 0 Å². The van der Waals surface area contributed by atoms with Crippen LogP contribution in [0.2, 0.25) is 5.02 Å². The molecule has 88 valence electrons. The lowest BCUT2D eigenvalue weighted by atomic mass is 10.1. The molecule has 0 amide bonds. The van der Waals surface area contributed by atoms with Gasteiger partial charge in [-0.3, -0.25) is 0 Å². The second kappa shape index (κ2) is 5.21. The average molecular weight is 253 g/mol. The molecule has 1 N–H and O–H groups in total. The summed E-state index contributed by atoms with van der Waals surface area (Å²) in [7, 11) is 0. The number of aromatic nitrogens is 2. The molecule has 0 unspecified atom stereocenters. The predicted molar refractivity (Wildman–Crippen MR) is 62.2 cm³/mol. The van der Waals surface area contributed by atoms with Gasteiger partial charge in [0, 0.05) is 17.6 Å². The first kappa shape index (κ1) is 12.0. The first-order chi connectivity index (χ1) is 8.19. The Labute approximate surface area is 103 Å². The highest BCUT2D eigenvalue weighted by Crippen LogP contribution is 2.19. The van der Waals surface area contributed by atoms with Crippen LogP contribution in [0, 0.1) is 5.82 Å². The number of hydrogen-bond acceptors (Lipinski definition) is 3. The van der Waals surface area contributed by atoms with Crippen LogP contribution in [-0.2, 0) is 13.0 Å². The van der Waals surface area contributed by atoms with Crippen LogP contribution in [-0.4, -0.2) is 15.1 Å². The predicted octanol–water partition coefficient (Wildman–Crippen LogP) is 2.35. The highest BCUT2D eigenvalue weighted by molar-refractivity contribution is 6.31. The standard InChI is InChI=1S/C12H10ClFN2O/c13-11-6-9(14)2-1-8(11)5-12-15-4-3-10(7-17)16-12/h1-4,6,17H,5,7H2. The maximum Gasteiger partial charge on any atom is 0.133 e.